The molecule has 0 saturated heterocycles. The minimum atomic E-state index is 0.0549. The Kier molecular flexibility index (Phi) is 5.94. The number of carbonyl (C=O) groups is 1. The molecule has 1 heterocycles. The van der Waals surface area contributed by atoms with Crippen molar-refractivity contribution in [1.29, 1.82) is 0 Å². The van der Waals surface area contributed by atoms with Crippen molar-refractivity contribution < 1.29 is 4.79 Å². The molecule has 25 heavy (non-hydrogen) atoms. The first-order valence-corrected chi connectivity index (χ1v) is 9.95. The summed E-state index contributed by atoms with van der Waals surface area (Å²) in [4.78, 5) is 17.0. The number of anilines is 1. The van der Waals surface area contributed by atoms with Crippen molar-refractivity contribution in [1.82, 2.24) is 10.3 Å². The molecule has 0 spiro atoms. The molecule has 1 aliphatic carbocycles. The number of rotatable bonds is 5. The monoisotopic (exact) mass is 403 g/mol. The van der Waals surface area contributed by atoms with E-state index in [2.05, 4.69) is 52.5 Å². The normalized spacial score (nSPS) is 15.5. The molecule has 5 heteroatoms. The lowest BCUT2D eigenvalue weighted by molar-refractivity contribution is -0.120. The highest BCUT2D eigenvalue weighted by molar-refractivity contribution is 9.10. The predicted molar refractivity (Wildman–Crippen MR) is 107 cm³/mol. The lowest BCUT2D eigenvalue weighted by atomic mass is 9.95. The number of pyridine rings is 1. The van der Waals surface area contributed by atoms with Crippen LogP contribution in [0.1, 0.15) is 57.4 Å². The Hall–Kier alpha value is -1.62. The lowest BCUT2D eigenvalue weighted by Crippen LogP contribution is -2.39. The molecule has 4 nitrogen and oxygen atoms in total. The molecule has 0 bridgehead atoms. The highest BCUT2D eigenvalue weighted by atomic mass is 79.9. The fraction of sp³-hybridized carbons (Fsp3) is 0.500. The van der Waals surface area contributed by atoms with Crippen LogP contribution in [-0.2, 0) is 4.79 Å². The number of hydrogen-bond donors (Lipinski definition) is 2. The molecular formula is C20H26BrN3O. The number of halogens is 1. The summed E-state index contributed by atoms with van der Waals surface area (Å²) < 4.78 is 1.05. The predicted octanol–water partition coefficient (Wildman–Crippen LogP) is 4.98. The van der Waals surface area contributed by atoms with Crippen molar-refractivity contribution in [2.45, 2.75) is 57.9 Å². The van der Waals surface area contributed by atoms with E-state index in [-0.39, 0.29) is 12.5 Å². The number of amides is 1. The highest BCUT2D eigenvalue weighted by Gasteiger charge is 2.16. The van der Waals surface area contributed by atoms with Gasteiger partial charge in [-0.05, 0) is 48.6 Å². The summed E-state index contributed by atoms with van der Waals surface area (Å²) in [7, 11) is 0. The summed E-state index contributed by atoms with van der Waals surface area (Å²) in [6.07, 6.45) is 5.94. The molecule has 0 unspecified atom stereocenters. The maximum atomic E-state index is 12.3. The molecule has 0 aliphatic heterocycles. The van der Waals surface area contributed by atoms with Crippen LogP contribution in [0.2, 0.25) is 0 Å². The van der Waals surface area contributed by atoms with Gasteiger partial charge in [0, 0.05) is 15.9 Å². The van der Waals surface area contributed by atoms with Crippen LogP contribution in [0.5, 0.6) is 0 Å². The smallest absolute Gasteiger partial charge is 0.239 e. The molecule has 1 saturated carbocycles. The number of nitrogens with one attached hydrogen (secondary N) is 2. The fourth-order valence-electron chi connectivity index (χ4n) is 3.44. The van der Waals surface area contributed by atoms with Crippen LogP contribution < -0.4 is 10.6 Å². The first-order chi connectivity index (χ1) is 12.0. The van der Waals surface area contributed by atoms with Crippen molar-refractivity contribution in [3.8, 4) is 0 Å². The SMILES string of the molecule is CC(C)c1cc2cc(Br)ccc2nc1NCC(=O)NC1CCCCC1. The van der Waals surface area contributed by atoms with Crippen LogP contribution in [0.25, 0.3) is 10.9 Å². The van der Waals surface area contributed by atoms with E-state index in [1.165, 1.54) is 19.3 Å². The molecule has 3 rings (SSSR count). The number of fused-ring (bicyclic) bond motifs is 1. The zero-order valence-electron chi connectivity index (χ0n) is 14.9. The maximum Gasteiger partial charge on any atom is 0.239 e. The molecule has 1 amide bonds. The van der Waals surface area contributed by atoms with Crippen LogP contribution in [0.4, 0.5) is 5.82 Å². The number of aromatic nitrogens is 1. The molecule has 1 fully saturated rings. The second-order valence-corrected chi connectivity index (χ2v) is 8.09. The lowest BCUT2D eigenvalue weighted by Gasteiger charge is -2.23. The van der Waals surface area contributed by atoms with Gasteiger partial charge in [-0.15, -0.1) is 0 Å². The standard InChI is InChI=1S/C20H26BrN3O/c1-13(2)17-11-14-10-15(21)8-9-18(14)24-20(17)22-12-19(25)23-16-6-4-3-5-7-16/h8-11,13,16H,3-7,12H2,1-2H3,(H,22,24)(H,23,25). The van der Waals surface area contributed by atoms with Crippen molar-refractivity contribution >= 4 is 38.6 Å². The van der Waals surface area contributed by atoms with E-state index in [1.54, 1.807) is 0 Å². The van der Waals surface area contributed by atoms with E-state index in [0.717, 1.165) is 39.6 Å². The Morgan fingerprint density at radius 2 is 2.00 bits per heavy atom. The van der Waals surface area contributed by atoms with Gasteiger partial charge >= 0.3 is 0 Å². The Bertz CT molecular complexity index is 754. The second-order valence-electron chi connectivity index (χ2n) is 7.17. The number of benzene rings is 1. The van der Waals surface area contributed by atoms with E-state index in [9.17, 15) is 4.79 Å². The Morgan fingerprint density at radius 3 is 2.72 bits per heavy atom. The van der Waals surface area contributed by atoms with Gasteiger partial charge in [0.15, 0.2) is 0 Å². The van der Waals surface area contributed by atoms with E-state index in [1.807, 2.05) is 12.1 Å². The molecular weight excluding hydrogens is 378 g/mol. The van der Waals surface area contributed by atoms with Crippen LogP contribution in [0.3, 0.4) is 0 Å². The van der Waals surface area contributed by atoms with Crippen molar-refractivity contribution in [2.24, 2.45) is 0 Å². The Labute approximate surface area is 157 Å². The van der Waals surface area contributed by atoms with Gasteiger partial charge in [0.1, 0.15) is 5.82 Å². The summed E-state index contributed by atoms with van der Waals surface area (Å²) >= 11 is 3.51. The quantitative estimate of drug-likeness (QED) is 0.739. The first kappa shape index (κ1) is 18.2. The molecule has 1 aromatic carbocycles. The van der Waals surface area contributed by atoms with Crippen LogP contribution in [0.15, 0.2) is 28.7 Å². The van der Waals surface area contributed by atoms with Crippen LogP contribution in [-0.4, -0.2) is 23.5 Å². The third-order valence-electron chi connectivity index (χ3n) is 4.81. The summed E-state index contributed by atoms with van der Waals surface area (Å²) in [6.45, 7) is 4.56. The minimum Gasteiger partial charge on any atom is -0.361 e. The summed E-state index contributed by atoms with van der Waals surface area (Å²) in [5.41, 5.74) is 2.07. The van der Waals surface area contributed by atoms with Gasteiger partial charge in [-0.1, -0.05) is 49.0 Å². The topological polar surface area (TPSA) is 54.0 Å². The molecule has 1 aliphatic rings. The largest absolute Gasteiger partial charge is 0.361 e. The minimum absolute atomic E-state index is 0.0549. The molecule has 0 atom stereocenters. The maximum absolute atomic E-state index is 12.3. The fourth-order valence-corrected chi connectivity index (χ4v) is 3.81. The summed E-state index contributed by atoms with van der Waals surface area (Å²) in [5, 5.41) is 7.51. The van der Waals surface area contributed by atoms with Gasteiger partial charge in [0.25, 0.3) is 0 Å². The average molecular weight is 404 g/mol. The van der Waals surface area contributed by atoms with Gasteiger partial charge in [-0.25, -0.2) is 4.98 Å². The number of hydrogen-bond acceptors (Lipinski definition) is 3. The zero-order chi connectivity index (χ0) is 17.8. The van der Waals surface area contributed by atoms with Gasteiger partial charge in [0.05, 0.1) is 12.1 Å². The van der Waals surface area contributed by atoms with E-state index >= 15 is 0 Å². The molecule has 1 aromatic heterocycles. The van der Waals surface area contributed by atoms with E-state index in [4.69, 9.17) is 4.98 Å². The molecule has 0 radical (unpaired) electrons. The highest BCUT2D eigenvalue weighted by Crippen LogP contribution is 2.28. The number of nitrogens with zero attached hydrogens (tertiary/aromatic N) is 1. The molecule has 134 valence electrons. The Morgan fingerprint density at radius 1 is 1.24 bits per heavy atom. The van der Waals surface area contributed by atoms with Crippen molar-refractivity contribution in [3.63, 3.8) is 0 Å². The van der Waals surface area contributed by atoms with Gasteiger partial charge in [-0.3, -0.25) is 4.79 Å². The zero-order valence-corrected chi connectivity index (χ0v) is 16.5. The summed E-state index contributed by atoms with van der Waals surface area (Å²) in [6, 6.07) is 8.57. The third kappa shape index (κ3) is 4.72. The van der Waals surface area contributed by atoms with E-state index in [0.29, 0.717) is 12.0 Å². The number of carbonyl (C=O) groups excluding carboxylic acids is 1. The van der Waals surface area contributed by atoms with Gasteiger partial charge in [-0.2, -0.15) is 0 Å². The average Bonchev–Trinajstić information content (AvgIpc) is 2.60. The second kappa shape index (κ2) is 8.17. The first-order valence-electron chi connectivity index (χ1n) is 9.16. The van der Waals surface area contributed by atoms with E-state index < -0.39 is 0 Å². The van der Waals surface area contributed by atoms with Crippen molar-refractivity contribution in [2.75, 3.05) is 11.9 Å². The molecule has 2 N–H and O–H groups in total. The van der Waals surface area contributed by atoms with Gasteiger partial charge in [0.2, 0.25) is 5.91 Å². The summed E-state index contributed by atoms with van der Waals surface area (Å²) in [5.74, 6) is 1.20. The molecule has 2 aromatic rings. The third-order valence-corrected chi connectivity index (χ3v) is 5.31. The Balaban J connectivity index is 1.72. The van der Waals surface area contributed by atoms with Crippen LogP contribution >= 0.6 is 15.9 Å². The van der Waals surface area contributed by atoms with Gasteiger partial charge < -0.3 is 10.6 Å². The van der Waals surface area contributed by atoms with Crippen molar-refractivity contribution in [3.05, 3.63) is 34.3 Å². The van der Waals surface area contributed by atoms with Crippen LogP contribution in [0, 0.1) is 0 Å².